The van der Waals surface area contributed by atoms with E-state index in [9.17, 15) is 9.59 Å². The van der Waals surface area contributed by atoms with Crippen molar-refractivity contribution >= 4 is 11.9 Å². The maximum atomic E-state index is 12.1. The zero-order chi connectivity index (χ0) is 23.3. The first-order valence-electron chi connectivity index (χ1n) is 10.8. The summed E-state index contributed by atoms with van der Waals surface area (Å²) in [5.74, 6) is -0.163. The number of ether oxygens (including phenoxy) is 3. The van der Waals surface area contributed by atoms with Crippen LogP contribution in [0.5, 0.6) is 5.75 Å². The molecular weight excluding hydrogens is 412 g/mol. The molecule has 2 rings (SSSR count). The molecule has 0 saturated carbocycles. The molecule has 0 amide bonds. The molecule has 174 valence electrons. The maximum absolute atomic E-state index is 12.1. The van der Waals surface area contributed by atoms with Crippen LogP contribution in [0.3, 0.4) is 0 Å². The first-order valence-corrected chi connectivity index (χ1v) is 10.8. The number of tetrazole rings is 1. The fourth-order valence-electron chi connectivity index (χ4n) is 2.96. The van der Waals surface area contributed by atoms with Crippen molar-refractivity contribution in [2.45, 2.75) is 71.6 Å². The molecule has 0 aliphatic carbocycles. The van der Waals surface area contributed by atoms with Gasteiger partial charge in [0.05, 0.1) is 26.2 Å². The first kappa shape index (κ1) is 25.0. The topological polar surface area (TPSA) is 105 Å². The SMILES string of the molecule is C=C(CC(=O)O[C@H](C)CCCCCC)C(=O)OCc1nnn(Cc2ccc(OC)cc2)n1. The molecule has 0 spiro atoms. The number of carbonyl (C=O) groups excluding carboxylic acids is 2. The molecule has 1 heterocycles. The summed E-state index contributed by atoms with van der Waals surface area (Å²) < 4.78 is 15.6. The molecule has 0 saturated heterocycles. The van der Waals surface area contributed by atoms with Gasteiger partial charge in [-0.1, -0.05) is 44.9 Å². The predicted molar refractivity (Wildman–Crippen MR) is 118 cm³/mol. The Morgan fingerprint density at radius 3 is 2.59 bits per heavy atom. The van der Waals surface area contributed by atoms with Gasteiger partial charge in [-0.15, -0.1) is 10.2 Å². The van der Waals surface area contributed by atoms with Crippen molar-refractivity contribution in [3.63, 3.8) is 0 Å². The summed E-state index contributed by atoms with van der Waals surface area (Å²) in [6.07, 6.45) is 4.87. The number of methoxy groups -OCH3 is 1. The summed E-state index contributed by atoms with van der Waals surface area (Å²) in [5, 5.41) is 12.0. The average molecular weight is 445 g/mol. The number of nitrogens with zero attached hydrogens (tertiary/aromatic N) is 4. The lowest BCUT2D eigenvalue weighted by molar-refractivity contribution is -0.150. The number of hydrogen-bond acceptors (Lipinski definition) is 8. The Hall–Kier alpha value is -3.23. The Morgan fingerprint density at radius 2 is 1.91 bits per heavy atom. The predicted octanol–water partition coefficient (Wildman–Crippen LogP) is 3.62. The number of esters is 2. The van der Waals surface area contributed by atoms with E-state index in [4.69, 9.17) is 14.2 Å². The van der Waals surface area contributed by atoms with Gasteiger partial charge in [-0.2, -0.15) is 4.80 Å². The third kappa shape index (κ3) is 8.87. The van der Waals surface area contributed by atoms with Gasteiger partial charge in [-0.25, -0.2) is 4.79 Å². The smallest absolute Gasteiger partial charge is 0.334 e. The first-order chi connectivity index (χ1) is 15.4. The highest BCUT2D eigenvalue weighted by atomic mass is 16.5. The van der Waals surface area contributed by atoms with Crippen LogP contribution in [0.2, 0.25) is 0 Å². The molecule has 0 fully saturated rings. The van der Waals surface area contributed by atoms with Gasteiger partial charge in [0, 0.05) is 5.57 Å². The van der Waals surface area contributed by atoms with Crippen LogP contribution in [0.25, 0.3) is 0 Å². The number of rotatable bonds is 14. The van der Waals surface area contributed by atoms with Crippen LogP contribution in [-0.2, 0) is 32.2 Å². The third-order valence-corrected chi connectivity index (χ3v) is 4.75. The number of aromatic nitrogens is 4. The molecule has 1 aromatic carbocycles. The minimum absolute atomic E-state index is 0.0267. The lowest BCUT2D eigenvalue weighted by Crippen LogP contribution is -2.18. The Morgan fingerprint density at radius 1 is 1.16 bits per heavy atom. The van der Waals surface area contributed by atoms with Crippen molar-refractivity contribution in [1.82, 2.24) is 20.2 Å². The van der Waals surface area contributed by atoms with Gasteiger partial charge in [0.2, 0.25) is 5.82 Å². The van der Waals surface area contributed by atoms with Gasteiger partial charge in [-0.3, -0.25) is 4.79 Å². The van der Waals surface area contributed by atoms with Gasteiger partial charge in [0.1, 0.15) is 5.75 Å². The molecule has 0 bridgehead atoms. The van der Waals surface area contributed by atoms with Crippen LogP contribution in [0, 0.1) is 0 Å². The van der Waals surface area contributed by atoms with Gasteiger partial charge in [0.25, 0.3) is 0 Å². The van der Waals surface area contributed by atoms with Crippen LogP contribution >= 0.6 is 0 Å². The van der Waals surface area contributed by atoms with Gasteiger partial charge >= 0.3 is 11.9 Å². The number of benzene rings is 1. The molecule has 1 atom stereocenters. The number of carbonyl (C=O) groups is 2. The van der Waals surface area contributed by atoms with Crippen molar-refractivity contribution < 1.29 is 23.8 Å². The minimum atomic E-state index is -0.691. The average Bonchev–Trinajstić information content (AvgIpc) is 3.22. The second-order valence-electron chi connectivity index (χ2n) is 7.59. The molecular formula is C23H32N4O5. The zero-order valence-electron chi connectivity index (χ0n) is 19.1. The molecule has 9 heteroatoms. The number of hydrogen-bond donors (Lipinski definition) is 0. The minimum Gasteiger partial charge on any atom is -0.497 e. The second kappa shape index (κ2) is 13.2. The summed E-state index contributed by atoms with van der Waals surface area (Å²) in [4.78, 5) is 25.5. The fraction of sp³-hybridized carbons (Fsp3) is 0.522. The van der Waals surface area contributed by atoms with E-state index in [1.165, 1.54) is 11.2 Å². The molecule has 9 nitrogen and oxygen atoms in total. The van der Waals surface area contributed by atoms with Gasteiger partial charge < -0.3 is 14.2 Å². The molecule has 32 heavy (non-hydrogen) atoms. The summed E-state index contributed by atoms with van der Waals surface area (Å²) >= 11 is 0. The van der Waals surface area contributed by atoms with E-state index < -0.39 is 11.9 Å². The quantitative estimate of drug-likeness (QED) is 0.247. The molecule has 0 aliphatic rings. The van der Waals surface area contributed by atoms with Gasteiger partial charge in [-0.05, 0) is 42.7 Å². The van der Waals surface area contributed by atoms with E-state index in [0.29, 0.717) is 6.54 Å². The van der Waals surface area contributed by atoms with Crippen molar-refractivity contribution in [1.29, 1.82) is 0 Å². The maximum Gasteiger partial charge on any atom is 0.334 e. The summed E-state index contributed by atoms with van der Waals surface area (Å²) in [6.45, 7) is 7.88. The highest BCUT2D eigenvalue weighted by molar-refractivity contribution is 5.93. The Balaban J connectivity index is 1.71. The van der Waals surface area contributed by atoms with Crippen LogP contribution in [0.1, 0.15) is 63.8 Å². The third-order valence-electron chi connectivity index (χ3n) is 4.75. The Labute approximate surface area is 188 Å². The Kier molecular flexibility index (Phi) is 10.4. The zero-order valence-corrected chi connectivity index (χ0v) is 19.1. The molecule has 1 aromatic heterocycles. The van der Waals surface area contributed by atoms with Crippen LogP contribution in [0.15, 0.2) is 36.4 Å². The van der Waals surface area contributed by atoms with E-state index in [2.05, 4.69) is 28.9 Å². The van der Waals surface area contributed by atoms with E-state index in [1.807, 2.05) is 31.2 Å². The Bertz CT molecular complexity index is 879. The lowest BCUT2D eigenvalue weighted by atomic mass is 10.1. The fourth-order valence-corrected chi connectivity index (χ4v) is 2.96. The molecule has 0 unspecified atom stereocenters. The monoisotopic (exact) mass is 444 g/mol. The molecule has 2 aromatic rings. The van der Waals surface area contributed by atoms with Crippen molar-refractivity contribution in [2.75, 3.05) is 7.11 Å². The van der Waals surface area contributed by atoms with E-state index in [0.717, 1.165) is 37.0 Å². The normalized spacial score (nSPS) is 11.6. The largest absolute Gasteiger partial charge is 0.497 e. The highest BCUT2D eigenvalue weighted by Crippen LogP contribution is 2.13. The van der Waals surface area contributed by atoms with E-state index in [-0.39, 0.29) is 30.5 Å². The van der Waals surface area contributed by atoms with Crippen molar-refractivity contribution in [3.8, 4) is 5.75 Å². The second-order valence-corrected chi connectivity index (χ2v) is 7.59. The molecule has 0 aliphatic heterocycles. The van der Waals surface area contributed by atoms with Gasteiger partial charge in [0.15, 0.2) is 6.61 Å². The summed E-state index contributed by atoms with van der Waals surface area (Å²) in [5.41, 5.74) is 0.997. The van der Waals surface area contributed by atoms with E-state index >= 15 is 0 Å². The van der Waals surface area contributed by atoms with Crippen LogP contribution < -0.4 is 4.74 Å². The summed E-state index contributed by atoms with van der Waals surface area (Å²) in [7, 11) is 1.61. The van der Waals surface area contributed by atoms with Crippen molar-refractivity contribution in [2.24, 2.45) is 0 Å². The molecule has 0 N–H and O–H groups in total. The lowest BCUT2D eigenvalue weighted by Gasteiger charge is -2.13. The molecule has 0 radical (unpaired) electrons. The van der Waals surface area contributed by atoms with Crippen LogP contribution in [-0.4, -0.2) is 45.4 Å². The van der Waals surface area contributed by atoms with Crippen LogP contribution in [0.4, 0.5) is 0 Å². The standard InChI is InChI=1S/C23H32N4O5/c1-5-6-7-8-9-18(3)32-22(28)14-17(2)23(29)31-16-21-24-26-27(25-21)15-19-10-12-20(30-4)13-11-19/h10-13,18H,2,5-9,14-16H2,1,3-4H3/t18-/m1/s1. The van der Waals surface area contributed by atoms with E-state index in [1.54, 1.807) is 7.11 Å². The number of unbranched alkanes of at least 4 members (excludes halogenated alkanes) is 3. The highest BCUT2D eigenvalue weighted by Gasteiger charge is 2.17. The summed E-state index contributed by atoms with van der Waals surface area (Å²) in [6, 6.07) is 7.49. The van der Waals surface area contributed by atoms with Crippen molar-refractivity contribution in [3.05, 3.63) is 47.8 Å².